The van der Waals surface area contributed by atoms with E-state index in [9.17, 15) is 0 Å². The minimum absolute atomic E-state index is 0.347. The van der Waals surface area contributed by atoms with Crippen molar-refractivity contribution in [2.75, 3.05) is 11.9 Å². The molecule has 0 saturated carbocycles. The normalized spacial score (nSPS) is 10.3. The number of nitrogens with one attached hydrogen (secondary N) is 2. The standard InChI is InChI=1S/C15H19BrN4OS/c1-2-3-8-17-15(22)19-13-9-18-20(10-13)11-21-14-6-4-12(16)5-7-14/h4-7,9-10H,2-3,8,11H2,1H3,(H2,17,19,22). The van der Waals surface area contributed by atoms with E-state index >= 15 is 0 Å². The second-order valence-electron chi connectivity index (χ2n) is 4.73. The van der Waals surface area contributed by atoms with E-state index in [0.29, 0.717) is 11.8 Å². The molecule has 0 unspecified atom stereocenters. The largest absolute Gasteiger partial charge is 0.471 e. The van der Waals surface area contributed by atoms with Crippen molar-refractivity contribution in [2.45, 2.75) is 26.5 Å². The van der Waals surface area contributed by atoms with Crippen molar-refractivity contribution in [1.82, 2.24) is 15.1 Å². The zero-order valence-corrected chi connectivity index (χ0v) is 14.8. The molecule has 0 radical (unpaired) electrons. The zero-order chi connectivity index (χ0) is 15.8. The number of benzene rings is 1. The number of ether oxygens (including phenoxy) is 1. The molecule has 0 atom stereocenters. The lowest BCUT2D eigenvalue weighted by atomic mass is 10.3. The fourth-order valence-corrected chi connectivity index (χ4v) is 2.21. The summed E-state index contributed by atoms with van der Waals surface area (Å²) in [7, 11) is 0. The van der Waals surface area contributed by atoms with Crippen LogP contribution in [0.25, 0.3) is 0 Å². The molecule has 0 aliphatic carbocycles. The van der Waals surface area contributed by atoms with Gasteiger partial charge in [0.25, 0.3) is 0 Å². The average molecular weight is 383 g/mol. The maximum atomic E-state index is 5.65. The summed E-state index contributed by atoms with van der Waals surface area (Å²) >= 11 is 8.61. The van der Waals surface area contributed by atoms with Gasteiger partial charge in [0.1, 0.15) is 5.75 Å². The van der Waals surface area contributed by atoms with Crippen LogP contribution in [0, 0.1) is 0 Å². The van der Waals surface area contributed by atoms with Crippen molar-refractivity contribution in [2.24, 2.45) is 0 Å². The number of thiocarbonyl (C=S) groups is 1. The van der Waals surface area contributed by atoms with E-state index in [4.69, 9.17) is 17.0 Å². The van der Waals surface area contributed by atoms with Crippen molar-refractivity contribution in [3.05, 3.63) is 41.1 Å². The van der Waals surface area contributed by atoms with Crippen LogP contribution in [-0.4, -0.2) is 21.4 Å². The number of unbranched alkanes of at least 4 members (excludes halogenated alkanes) is 1. The highest BCUT2D eigenvalue weighted by molar-refractivity contribution is 9.10. The highest BCUT2D eigenvalue weighted by Gasteiger charge is 2.01. The van der Waals surface area contributed by atoms with E-state index in [1.807, 2.05) is 30.5 Å². The molecular weight excluding hydrogens is 364 g/mol. The summed E-state index contributed by atoms with van der Waals surface area (Å²) in [5.74, 6) is 0.796. The van der Waals surface area contributed by atoms with Crippen LogP contribution in [0.5, 0.6) is 5.75 Å². The molecule has 7 heteroatoms. The van der Waals surface area contributed by atoms with Crippen molar-refractivity contribution in [1.29, 1.82) is 0 Å². The summed E-state index contributed by atoms with van der Waals surface area (Å²) in [6, 6.07) is 7.68. The number of anilines is 1. The van der Waals surface area contributed by atoms with Gasteiger partial charge in [-0.2, -0.15) is 5.10 Å². The summed E-state index contributed by atoms with van der Waals surface area (Å²) in [4.78, 5) is 0. The number of nitrogens with zero attached hydrogens (tertiary/aromatic N) is 2. The summed E-state index contributed by atoms with van der Waals surface area (Å²) in [5.41, 5.74) is 0.841. The maximum absolute atomic E-state index is 5.65. The first-order valence-corrected chi connectivity index (χ1v) is 8.33. The molecule has 2 N–H and O–H groups in total. The van der Waals surface area contributed by atoms with Gasteiger partial charge in [0.15, 0.2) is 11.8 Å². The number of halogens is 1. The van der Waals surface area contributed by atoms with Crippen molar-refractivity contribution >= 4 is 38.9 Å². The lowest BCUT2D eigenvalue weighted by molar-refractivity contribution is 0.221. The van der Waals surface area contributed by atoms with Gasteiger partial charge in [0.2, 0.25) is 0 Å². The third-order valence-corrected chi connectivity index (χ3v) is 3.66. The second-order valence-corrected chi connectivity index (χ2v) is 6.05. The van der Waals surface area contributed by atoms with Crippen LogP contribution >= 0.6 is 28.1 Å². The molecule has 1 heterocycles. The quantitative estimate of drug-likeness (QED) is 0.563. The van der Waals surface area contributed by atoms with Gasteiger partial charge in [-0.15, -0.1) is 0 Å². The molecule has 22 heavy (non-hydrogen) atoms. The summed E-state index contributed by atoms with van der Waals surface area (Å²) in [6.45, 7) is 3.37. The first kappa shape index (κ1) is 16.8. The topological polar surface area (TPSA) is 51.1 Å². The number of rotatable bonds is 7. The molecule has 2 aromatic rings. The Kier molecular flexibility index (Phi) is 6.67. The van der Waals surface area contributed by atoms with E-state index < -0.39 is 0 Å². The lowest BCUT2D eigenvalue weighted by Crippen LogP contribution is -2.29. The van der Waals surface area contributed by atoms with Gasteiger partial charge in [-0.05, 0) is 42.9 Å². The van der Waals surface area contributed by atoms with E-state index in [-0.39, 0.29) is 0 Å². The van der Waals surface area contributed by atoms with Crippen LogP contribution in [-0.2, 0) is 6.73 Å². The predicted molar refractivity (Wildman–Crippen MR) is 96.1 cm³/mol. The second kappa shape index (κ2) is 8.75. The van der Waals surface area contributed by atoms with Crippen molar-refractivity contribution in [3.8, 4) is 5.75 Å². The Hall–Kier alpha value is -1.60. The molecule has 0 aliphatic rings. The van der Waals surface area contributed by atoms with E-state index in [2.05, 4.69) is 38.6 Å². The Morgan fingerprint density at radius 1 is 1.36 bits per heavy atom. The molecule has 0 spiro atoms. The number of hydrogen-bond donors (Lipinski definition) is 2. The van der Waals surface area contributed by atoms with E-state index in [1.54, 1.807) is 10.9 Å². The van der Waals surface area contributed by atoms with Crippen LogP contribution in [0.2, 0.25) is 0 Å². The first-order chi connectivity index (χ1) is 10.7. The monoisotopic (exact) mass is 382 g/mol. The minimum atomic E-state index is 0.347. The molecule has 5 nitrogen and oxygen atoms in total. The Labute approximate surface area is 144 Å². The third-order valence-electron chi connectivity index (χ3n) is 2.88. The Bertz CT molecular complexity index is 600. The minimum Gasteiger partial charge on any atom is -0.471 e. The van der Waals surface area contributed by atoms with Crippen molar-refractivity contribution < 1.29 is 4.74 Å². The molecule has 0 amide bonds. The molecule has 1 aromatic heterocycles. The molecule has 0 fully saturated rings. The van der Waals surface area contributed by atoms with Gasteiger partial charge in [-0.1, -0.05) is 29.3 Å². The zero-order valence-electron chi connectivity index (χ0n) is 12.4. The van der Waals surface area contributed by atoms with Crippen molar-refractivity contribution in [3.63, 3.8) is 0 Å². The number of aromatic nitrogens is 2. The summed E-state index contributed by atoms with van der Waals surface area (Å²) in [5, 5.41) is 11.1. The predicted octanol–water partition coefficient (Wildman–Crippen LogP) is 3.77. The first-order valence-electron chi connectivity index (χ1n) is 7.13. The molecule has 118 valence electrons. The van der Waals surface area contributed by atoms with Gasteiger partial charge >= 0.3 is 0 Å². The molecule has 2 rings (SSSR count). The number of hydrogen-bond acceptors (Lipinski definition) is 3. The fourth-order valence-electron chi connectivity index (χ4n) is 1.72. The third kappa shape index (κ3) is 5.65. The molecule has 0 bridgehead atoms. The average Bonchev–Trinajstić information content (AvgIpc) is 2.94. The van der Waals surface area contributed by atoms with Gasteiger partial charge in [0, 0.05) is 11.0 Å². The molecule has 1 aromatic carbocycles. The van der Waals surface area contributed by atoms with Gasteiger partial charge in [-0.3, -0.25) is 0 Å². The lowest BCUT2D eigenvalue weighted by Gasteiger charge is -2.08. The van der Waals surface area contributed by atoms with Gasteiger partial charge < -0.3 is 15.4 Å². The van der Waals surface area contributed by atoms with Crippen LogP contribution in [0.15, 0.2) is 41.1 Å². The summed E-state index contributed by atoms with van der Waals surface area (Å²) in [6.07, 6.45) is 5.81. The highest BCUT2D eigenvalue weighted by atomic mass is 79.9. The van der Waals surface area contributed by atoms with Crippen LogP contribution in [0.1, 0.15) is 19.8 Å². The highest BCUT2D eigenvalue weighted by Crippen LogP contribution is 2.16. The molecule has 0 aliphatic heterocycles. The fraction of sp³-hybridized carbons (Fsp3) is 0.333. The van der Waals surface area contributed by atoms with Crippen LogP contribution in [0.4, 0.5) is 5.69 Å². The Morgan fingerprint density at radius 2 is 2.14 bits per heavy atom. The van der Waals surface area contributed by atoms with Crippen LogP contribution in [0.3, 0.4) is 0 Å². The van der Waals surface area contributed by atoms with Gasteiger partial charge in [0.05, 0.1) is 18.1 Å². The Morgan fingerprint density at radius 3 is 2.86 bits per heavy atom. The maximum Gasteiger partial charge on any atom is 0.180 e. The van der Waals surface area contributed by atoms with E-state index in [1.165, 1.54) is 0 Å². The Balaban J connectivity index is 1.78. The van der Waals surface area contributed by atoms with Crippen LogP contribution < -0.4 is 15.4 Å². The molecular formula is C15H19BrN4OS. The smallest absolute Gasteiger partial charge is 0.180 e. The van der Waals surface area contributed by atoms with Gasteiger partial charge in [-0.25, -0.2) is 4.68 Å². The SMILES string of the molecule is CCCCNC(=S)Nc1cnn(COc2ccc(Br)cc2)c1. The molecule has 0 saturated heterocycles. The van der Waals surface area contributed by atoms with E-state index in [0.717, 1.165) is 35.3 Å². The summed E-state index contributed by atoms with van der Waals surface area (Å²) < 4.78 is 8.38.